The first-order chi connectivity index (χ1) is 9.69. The molecule has 2 rings (SSSR count). The highest BCUT2D eigenvalue weighted by atomic mass is 16.5. The number of likely N-dealkylation sites (N-methyl/N-ethyl adjacent to an activating group) is 1. The van der Waals surface area contributed by atoms with Crippen molar-refractivity contribution in [1.29, 1.82) is 0 Å². The van der Waals surface area contributed by atoms with Gasteiger partial charge in [-0.1, -0.05) is 0 Å². The summed E-state index contributed by atoms with van der Waals surface area (Å²) in [6, 6.07) is 5.94. The van der Waals surface area contributed by atoms with Gasteiger partial charge in [-0.25, -0.2) is 4.98 Å². The van der Waals surface area contributed by atoms with Crippen molar-refractivity contribution in [3.63, 3.8) is 0 Å². The standard InChI is InChI=1S/C15H21N3O2/c1-16-13(10-15-17-7-8-18(15)2)12-9-11(19-3)5-6-14(12)20-4/h5-9,13,16H,10H2,1-4H3. The van der Waals surface area contributed by atoms with Crippen LogP contribution in [-0.2, 0) is 13.5 Å². The molecule has 5 nitrogen and oxygen atoms in total. The minimum Gasteiger partial charge on any atom is -0.497 e. The maximum atomic E-state index is 5.45. The van der Waals surface area contributed by atoms with Crippen molar-refractivity contribution >= 4 is 0 Å². The maximum Gasteiger partial charge on any atom is 0.123 e. The van der Waals surface area contributed by atoms with Crippen LogP contribution in [0.2, 0.25) is 0 Å². The van der Waals surface area contributed by atoms with Crippen molar-refractivity contribution < 1.29 is 9.47 Å². The van der Waals surface area contributed by atoms with Crippen LogP contribution in [0.25, 0.3) is 0 Å². The number of aromatic nitrogens is 2. The van der Waals surface area contributed by atoms with Gasteiger partial charge in [-0.05, 0) is 25.2 Å². The summed E-state index contributed by atoms with van der Waals surface area (Å²) in [7, 11) is 7.28. The first-order valence-electron chi connectivity index (χ1n) is 6.55. The average Bonchev–Trinajstić information content (AvgIpc) is 2.89. The monoisotopic (exact) mass is 275 g/mol. The summed E-state index contributed by atoms with van der Waals surface area (Å²) in [4.78, 5) is 4.38. The molecule has 5 heteroatoms. The van der Waals surface area contributed by atoms with Crippen molar-refractivity contribution in [2.45, 2.75) is 12.5 Å². The summed E-state index contributed by atoms with van der Waals surface area (Å²) >= 11 is 0. The molecule has 20 heavy (non-hydrogen) atoms. The van der Waals surface area contributed by atoms with E-state index in [9.17, 15) is 0 Å². The molecule has 2 aromatic rings. The van der Waals surface area contributed by atoms with E-state index < -0.39 is 0 Å². The van der Waals surface area contributed by atoms with Gasteiger partial charge in [0.25, 0.3) is 0 Å². The van der Waals surface area contributed by atoms with E-state index in [1.54, 1.807) is 14.2 Å². The van der Waals surface area contributed by atoms with Gasteiger partial charge in [0.1, 0.15) is 17.3 Å². The molecular weight excluding hydrogens is 254 g/mol. The Labute approximate surface area is 119 Å². The Morgan fingerprint density at radius 1 is 1.30 bits per heavy atom. The summed E-state index contributed by atoms with van der Waals surface area (Å²) in [6.45, 7) is 0. The first kappa shape index (κ1) is 14.4. The van der Waals surface area contributed by atoms with Gasteiger partial charge in [0.05, 0.1) is 14.2 Å². The van der Waals surface area contributed by atoms with Crippen molar-refractivity contribution in [3.8, 4) is 11.5 Å². The van der Waals surface area contributed by atoms with E-state index in [1.807, 2.05) is 49.3 Å². The number of aryl methyl sites for hydroxylation is 1. The van der Waals surface area contributed by atoms with E-state index in [0.717, 1.165) is 29.3 Å². The van der Waals surface area contributed by atoms with Gasteiger partial charge in [-0.15, -0.1) is 0 Å². The lowest BCUT2D eigenvalue weighted by Crippen LogP contribution is -2.21. The van der Waals surface area contributed by atoms with Crippen LogP contribution in [0, 0.1) is 0 Å². The quantitative estimate of drug-likeness (QED) is 0.875. The summed E-state index contributed by atoms with van der Waals surface area (Å²) in [5.41, 5.74) is 1.07. The Hall–Kier alpha value is -2.01. The number of benzene rings is 1. The van der Waals surface area contributed by atoms with Gasteiger partial charge >= 0.3 is 0 Å². The number of ether oxygens (including phenoxy) is 2. The zero-order chi connectivity index (χ0) is 14.5. The number of hydrogen-bond acceptors (Lipinski definition) is 4. The Morgan fingerprint density at radius 3 is 2.65 bits per heavy atom. The predicted molar refractivity (Wildman–Crippen MR) is 78.3 cm³/mol. The third-order valence-corrected chi connectivity index (χ3v) is 3.47. The van der Waals surface area contributed by atoms with Gasteiger partial charge in [0.15, 0.2) is 0 Å². The van der Waals surface area contributed by atoms with Crippen LogP contribution in [-0.4, -0.2) is 30.8 Å². The second-order valence-electron chi connectivity index (χ2n) is 4.61. The highest BCUT2D eigenvalue weighted by Gasteiger charge is 2.18. The zero-order valence-electron chi connectivity index (χ0n) is 12.4. The van der Waals surface area contributed by atoms with E-state index >= 15 is 0 Å². The molecule has 1 unspecified atom stereocenters. The number of rotatable bonds is 6. The molecule has 0 aliphatic heterocycles. The predicted octanol–water partition coefficient (Wildman–Crippen LogP) is 1.94. The molecule has 0 amide bonds. The summed E-state index contributed by atoms with van der Waals surface area (Å²) in [5, 5.41) is 3.32. The molecule has 1 aromatic heterocycles. The molecule has 0 aliphatic carbocycles. The van der Waals surface area contributed by atoms with E-state index in [1.165, 1.54) is 0 Å². The molecule has 1 aromatic carbocycles. The molecule has 0 radical (unpaired) electrons. The Morgan fingerprint density at radius 2 is 2.10 bits per heavy atom. The van der Waals surface area contributed by atoms with Gasteiger partial charge in [-0.3, -0.25) is 0 Å². The van der Waals surface area contributed by atoms with Gasteiger partial charge < -0.3 is 19.4 Å². The first-order valence-corrected chi connectivity index (χ1v) is 6.55. The van der Waals surface area contributed by atoms with E-state index in [0.29, 0.717) is 0 Å². The summed E-state index contributed by atoms with van der Waals surface area (Å²) < 4.78 is 12.8. The van der Waals surface area contributed by atoms with Gasteiger partial charge in [0, 0.05) is 37.5 Å². The Kier molecular flexibility index (Phi) is 4.63. The zero-order valence-corrected chi connectivity index (χ0v) is 12.4. The Bertz CT molecular complexity index is 566. The second-order valence-corrected chi connectivity index (χ2v) is 4.61. The molecule has 108 valence electrons. The van der Waals surface area contributed by atoms with Crippen molar-refractivity contribution in [1.82, 2.24) is 14.9 Å². The topological polar surface area (TPSA) is 48.3 Å². The number of nitrogens with zero attached hydrogens (tertiary/aromatic N) is 2. The molecule has 1 N–H and O–H groups in total. The number of methoxy groups -OCH3 is 2. The van der Waals surface area contributed by atoms with Crippen LogP contribution in [0.3, 0.4) is 0 Å². The Balaban J connectivity index is 2.33. The molecular formula is C15H21N3O2. The lowest BCUT2D eigenvalue weighted by molar-refractivity contribution is 0.390. The molecule has 1 atom stereocenters. The third-order valence-electron chi connectivity index (χ3n) is 3.47. The number of imidazole rings is 1. The fraction of sp³-hybridized carbons (Fsp3) is 0.400. The van der Waals surface area contributed by atoms with Crippen LogP contribution in [0.4, 0.5) is 0 Å². The molecule has 0 bridgehead atoms. The minimum atomic E-state index is 0.112. The van der Waals surface area contributed by atoms with E-state index in [-0.39, 0.29) is 6.04 Å². The second kappa shape index (κ2) is 6.43. The van der Waals surface area contributed by atoms with Crippen molar-refractivity contribution in [2.24, 2.45) is 7.05 Å². The third kappa shape index (κ3) is 2.93. The van der Waals surface area contributed by atoms with Gasteiger partial charge in [0.2, 0.25) is 0 Å². The largest absolute Gasteiger partial charge is 0.497 e. The molecule has 1 heterocycles. The lowest BCUT2D eigenvalue weighted by Gasteiger charge is -2.20. The van der Waals surface area contributed by atoms with Crippen LogP contribution in [0.15, 0.2) is 30.6 Å². The fourth-order valence-corrected chi connectivity index (χ4v) is 2.25. The van der Waals surface area contributed by atoms with E-state index in [2.05, 4.69) is 10.3 Å². The highest BCUT2D eigenvalue weighted by molar-refractivity contribution is 5.42. The summed E-state index contributed by atoms with van der Waals surface area (Å²) in [5.74, 6) is 2.69. The fourth-order valence-electron chi connectivity index (χ4n) is 2.25. The molecule has 0 saturated carbocycles. The van der Waals surface area contributed by atoms with Gasteiger partial charge in [-0.2, -0.15) is 0 Å². The maximum absolute atomic E-state index is 5.45. The van der Waals surface area contributed by atoms with Crippen molar-refractivity contribution in [3.05, 3.63) is 42.0 Å². The average molecular weight is 275 g/mol. The van der Waals surface area contributed by atoms with E-state index in [4.69, 9.17) is 9.47 Å². The number of nitrogens with one attached hydrogen (secondary N) is 1. The SMILES string of the molecule is CNC(Cc1nccn1C)c1cc(OC)ccc1OC. The normalized spacial score (nSPS) is 12.2. The molecule has 0 aliphatic rings. The lowest BCUT2D eigenvalue weighted by atomic mass is 10.0. The highest BCUT2D eigenvalue weighted by Crippen LogP contribution is 2.30. The van der Waals surface area contributed by atoms with Crippen LogP contribution < -0.4 is 14.8 Å². The van der Waals surface area contributed by atoms with Crippen LogP contribution in [0.1, 0.15) is 17.4 Å². The molecule has 0 saturated heterocycles. The van der Waals surface area contributed by atoms with Crippen LogP contribution >= 0.6 is 0 Å². The molecule has 0 fully saturated rings. The minimum absolute atomic E-state index is 0.112. The van der Waals surface area contributed by atoms with Crippen molar-refractivity contribution in [2.75, 3.05) is 21.3 Å². The van der Waals surface area contributed by atoms with Crippen LogP contribution in [0.5, 0.6) is 11.5 Å². The molecule has 0 spiro atoms. The number of hydrogen-bond donors (Lipinski definition) is 1. The summed E-state index contributed by atoms with van der Waals surface area (Å²) in [6.07, 6.45) is 4.54. The smallest absolute Gasteiger partial charge is 0.123 e.